The predicted molar refractivity (Wildman–Crippen MR) is 104 cm³/mol. The van der Waals surface area contributed by atoms with Crippen molar-refractivity contribution in [1.29, 1.82) is 0 Å². The molecule has 0 aliphatic carbocycles. The molecule has 2 heterocycles. The minimum absolute atomic E-state index is 0.297. The summed E-state index contributed by atoms with van der Waals surface area (Å²) in [6.45, 7) is 6.26. The molecule has 2 aromatic carbocycles. The quantitative estimate of drug-likeness (QED) is 0.819. The zero-order valence-electron chi connectivity index (χ0n) is 16.2. The highest BCUT2D eigenvalue weighted by Crippen LogP contribution is 2.44. The van der Waals surface area contributed by atoms with E-state index in [-0.39, 0.29) is 6.79 Å². The van der Waals surface area contributed by atoms with Crippen LogP contribution in [0.3, 0.4) is 0 Å². The summed E-state index contributed by atoms with van der Waals surface area (Å²) in [5, 5.41) is 9.18. The summed E-state index contributed by atoms with van der Waals surface area (Å²) in [4.78, 5) is 2.52. The average Bonchev–Trinajstić information content (AvgIpc) is 2.68. The van der Waals surface area contributed by atoms with E-state index in [1.165, 1.54) is 22.3 Å². The lowest BCUT2D eigenvalue weighted by Crippen LogP contribution is -2.39. The van der Waals surface area contributed by atoms with Gasteiger partial charge < -0.3 is 19.3 Å². The maximum absolute atomic E-state index is 9.18. The number of benzene rings is 2. The number of methoxy groups -OCH3 is 1. The summed E-state index contributed by atoms with van der Waals surface area (Å²) < 4.78 is 16.9. The van der Waals surface area contributed by atoms with E-state index in [1.54, 1.807) is 7.11 Å². The van der Waals surface area contributed by atoms with Crippen LogP contribution in [0.1, 0.15) is 40.8 Å². The van der Waals surface area contributed by atoms with Crippen molar-refractivity contribution in [2.24, 2.45) is 0 Å². The van der Waals surface area contributed by atoms with Crippen molar-refractivity contribution in [3.8, 4) is 17.2 Å². The lowest BCUT2D eigenvalue weighted by Gasteiger charge is -2.42. The van der Waals surface area contributed by atoms with Crippen molar-refractivity contribution < 1.29 is 19.3 Å². The summed E-state index contributed by atoms with van der Waals surface area (Å²) in [6.07, 6.45) is 1.96. The first kappa shape index (κ1) is 18.1. The third-order valence-electron chi connectivity index (χ3n) is 5.73. The fourth-order valence-corrected chi connectivity index (χ4v) is 4.45. The molecule has 0 spiro atoms. The van der Waals surface area contributed by atoms with Crippen molar-refractivity contribution >= 4 is 0 Å². The van der Waals surface area contributed by atoms with E-state index in [9.17, 15) is 5.11 Å². The van der Waals surface area contributed by atoms with Gasteiger partial charge in [-0.05, 0) is 61.1 Å². The number of nitrogens with zero attached hydrogens (tertiary/aromatic N) is 1. The van der Waals surface area contributed by atoms with Gasteiger partial charge in [0.25, 0.3) is 0 Å². The Morgan fingerprint density at radius 3 is 2.74 bits per heavy atom. The molecule has 5 heteroatoms. The fourth-order valence-electron chi connectivity index (χ4n) is 4.45. The van der Waals surface area contributed by atoms with Gasteiger partial charge in [0, 0.05) is 24.7 Å². The van der Waals surface area contributed by atoms with Crippen molar-refractivity contribution in [3.05, 3.63) is 52.1 Å². The Bertz CT molecular complexity index is 849. The molecule has 1 atom stereocenters. The van der Waals surface area contributed by atoms with Crippen LogP contribution < -0.4 is 14.2 Å². The fraction of sp³-hybridized carbons (Fsp3) is 0.455. The molecule has 5 nitrogen and oxygen atoms in total. The van der Waals surface area contributed by atoms with Crippen LogP contribution in [0.4, 0.5) is 0 Å². The molecule has 0 radical (unpaired) electrons. The van der Waals surface area contributed by atoms with Crippen LogP contribution in [0.25, 0.3) is 0 Å². The van der Waals surface area contributed by atoms with Crippen LogP contribution in [-0.2, 0) is 19.4 Å². The maximum Gasteiger partial charge on any atom is 0.186 e. The lowest BCUT2D eigenvalue weighted by molar-refractivity contribution is 0.0970. The summed E-state index contributed by atoms with van der Waals surface area (Å²) in [5.74, 6) is 2.46. The standard InChI is InChI=1S/C22H27NO4/c1-4-26-22-18-12-23-8-7-16-9-14(2)21(27-13-24)11-17(16)19(23)10-15(18)5-6-20(22)25-3/h5-6,9,11,19,24H,4,7-8,10,12-13H2,1-3H3. The van der Waals surface area contributed by atoms with Gasteiger partial charge in [0.05, 0.1) is 13.7 Å². The number of fused-ring (bicyclic) bond motifs is 4. The summed E-state index contributed by atoms with van der Waals surface area (Å²) in [7, 11) is 1.69. The lowest BCUT2D eigenvalue weighted by atomic mass is 9.83. The Balaban J connectivity index is 1.74. The molecule has 4 rings (SSSR count). The van der Waals surface area contributed by atoms with E-state index in [1.807, 2.05) is 19.9 Å². The number of rotatable bonds is 5. The van der Waals surface area contributed by atoms with E-state index < -0.39 is 0 Å². The van der Waals surface area contributed by atoms with Gasteiger partial charge in [-0.3, -0.25) is 4.90 Å². The van der Waals surface area contributed by atoms with E-state index in [0.29, 0.717) is 12.6 Å². The average molecular weight is 369 g/mol. The van der Waals surface area contributed by atoms with Crippen molar-refractivity contribution in [3.63, 3.8) is 0 Å². The largest absolute Gasteiger partial charge is 0.493 e. The van der Waals surface area contributed by atoms with Crippen LogP contribution in [0.15, 0.2) is 24.3 Å². The molecule has 1 N–H and O–H groups in total. The third kappa shape index (κ3) is 3.15. The highest BCUT2D eigenvalue weighted by molar-refractivity contribution is 5.53. The van der Waals surface area contributed by atoms with Crippen molar-refractivity contribution in [2.45, 2.75) is 39.3 Å². The SMILES string of the molecule is CCOc1c(OC)ccc2c1CN1CCc3cc(C)c(OCO)cc3C1C2. The van der Waals surface area contributed by atoms with Crippen LogP contribution in [-0.4, -0.2) is 37.1 Å². The monoisotopic (exact) mass is 369 g/mol. The summed E-state index contributed by atoms with van der Waals surface area (Å²) in [5.41, 5.74) is 6.35. The highest BCUT2D eigenvalue weighted by Gasteiger charge is 2.34. The second-order valence-corrected chi connectivity index (χ2v) is 7.20. The number of aryl methyl sites for hydroxylation is 1. The first-order chi connectivity index (χ1) is 13.2. The molecular formula is C22H27NO4. The smallest absolute Gasteiger partial charge is 0.186 e. The molecule has 27 heavy (non-hydrogen) atoms. The van der Waals surface area contributed by atoms with Gasteiger partial charge in [0.15, 0.2) is 18.3 Å². The van der Waals surface area contributed by atoms with Crippen molar-refractivity contribution in [2.75, 3.05) is 27.1 Å². The third-order valence-corrected chi connectivity index (χ3v) is 5.73. The molecule has 144 valence electrons. The molecule has 0 saturated heterocycles. The van der Waals surface area contributed by atoms with E-state index in [4.69, 9.17) is 14.2 Å². The number of aliphatic hydroxyl groups excluding tert-OH is 1. The Labute approximate surface area is 160 Å². The minimum atomic E-state index is -0.297. The first-order valence-electron chi connectivity index (χ1n) is 9.58. The predicted octanol–water partition coefficient (Wildman–Crippen LogP) is 3.39. The first-order valence-corrected chi connectivity index (χ1v) is 9.58. The Morgan fingerprint density at radius 2 is 2.00 bits per heavy atom. The molecule has 0 amide bonds. The van der Waals surface area contributed by atoms with Gasteiger partial charge in [-0.25, -0.2) is 0 Å². The number of aliphatic hydroxyl groups is 1. The summed E-state index contributed by atoms with van der Waals surface area (Å²) >= 11 is 0. The zero-order chi connectivity index (χ0) is 19.0. The van der Waals surface area contributed by atoms with Crippen LogP contribution in [0, 0.1) is 6.92 Å². The molecule has 2 aliphatic rings. The molecule has 0 bridgehead atoms. The van der Waals surface area contributed by atoms with E-state index in [0.717, 1.165) is 48.7 Å². The zero-order valence-corrected chi connectivity index (χ0v) is 16.2. The molecule has 1 unspecified atom stereocenters. The van der Waals surface area contributed by atoms with Gasteiger partial charge in [-0.1, -0.05) is 12.1 Å². The maximum atomic E-state index is 9.18. The van der Waals surface area contributed by atoms with Crippen LogP contribution >= 0.6 is 0 Å². The van der Waals surface area contributed by atoms with Crippen LogP contribution in [0.5, 0.6) is 17.2 Å². The number of hydrogen-bond donors (Lipinski definition) is 1. The molecule has 0 fully saturated rings. The molecule has 0 saturated carbocycles. The number of hydrogen-bond acceptors (Lipinski definition) is 5. The van der Waals surface area contributed by atoms with E-state index in [2.05, 4.69) is 23.1 Å². The van der Waals surface area contributed by atoms with Gasteiger partial charge in [-0.15, -0.1) is 0 Å². The minimum Gasteiger partial charge on any atom is -0.493 e. The van der Waals surface area contributed by atoms with E-state index >= 15 is 0 Å². The Morgan fingerprint density at radius 1 is 1.15 bits per heavy atom. The highest BCUT2D eigenvalue weighted by atomic mass is 16.6. The molecule has 0 aromatic heterocycles. The van der Waals surface area contributed by atoms with Crippen molar-refractivity contribution in [1.82, 2.24) is 4.90 Å². The summed E-state index contributed by atoms with van der Waals surface area (Å²) in [6, 6.07) is 8.84. The second kappa shape index (κ2) is 7.41. The van der Waals surface area contributed by atoms with Gasteiger partial charge >= 0.3 is 0 Å². The van der Waals surface area contributed by atoms with Gasteiger partial charge in [-0.2, -0.15) is 0 Å². The Kier molecular flexibility index (Phi) is 4.98. The second-order valence-electron chi connectivity index (χ2n) is 7.20. The van der Waals surface area contributed by atoms with Crippen LogP contribution in [0.2, 0.25) is 0 Å². The number of ether oxygens (including phenoxy) is 3. The Hall–Kier alpha value is -2.24. The topological polar surface area (TPSA) is 51.2 Å². The van der Waals surface area contributed by atoms with Gasteiger partial charge in [0.2, 0.25) is 0 Å². The van der Waals surface area contributed by atoms with Gasteiger partial charge in [0.1, 0.15) is 5.75 Å². The normalized spacial score (nSPS) is 18.3. The molecular weight excluding hydrogens is 342 g/mol. The molecule has 2 aliphatic heterocycles. The molecule has 2 aromatic rings.